The maximum atomic E-state index is 13.0. The molecular formula is C17H29FIN5. The standard InChI is InChI=1S/C17H28FN5.HI/c1-2-3-8-20-17(19)21-9-10-22-11-13-23(14-12-22)16-6-4-15(18)5-7-16;/h4-7H,2-3,8-14H2,1H3,(H3,19,20,21);1H. The zero-order valence-corrected chi connectivity index (χ0v) is 16.7. The summed E-state index contributed by atoms with van der Waals surface area (Å²) in [6.07, 6.45) is 2.21. The van der Waals surface area contributed by atoms with Crippen molar-refractivity contribution < 1.29 is 4.39 Å². The van der Waals surface area contributed by atoms with Crippen molar-refractivity contribution in [3.05, 3.63) is 30.1 Å². The quantitative estimate of drug-likeness (QED) is 0.290. The van der Waals surface area contributed by atoms with Crippen LogP contribution in [0, 0.1) is 5.82 Å². The highest BCUT2D eigenvalue weighted by Crippen LogP contribution is 2.16. The van der Waals surface area contributed by atoms with Crippen LogP contribution in [0.2, 0.25) is 0 Å². The van der Waals surface area contributed by atoms with Gasteiger partial charge in [0.2, 0.25) is 0 Å². The molecule has 1 aliphatic rings. The average Bonchev–Trinajstić information content (AvgIpc) is 2.57. The van der Waals surface area contributed by atoms with Gasteiger partial charge in [-0.1, -0.05) is 13.3 Å². The second-order valence-electron chi connectivity index (χ2n) is 5.85. The minimum atomic E-state index is -0.184. The molecule has 136 valence electrons. The largest absolute Gasteiger partial charge is 0.370 e. The SMILES string of the molecule is CCCCN=C(N)NCCN1CCN(c2ccc(F)cc2)CC1.I. The van der Waals surface area contributed by atoms with Gasteiger partial charge < -0.3 is 16.0 Å². The summed E-state index contributed by atoms with van der Waals surface area (Å²) in [5.74, 6) is 0.361. The number of aliphatic imine (C=N–C) groups is 1. The number of benzene rings is 1. The molecule has 1 fully saturated rings. The van der Waals surface area contributed by atoms with E-state index in [0.29, 0.717) is 5.96 Å². The van der Waals surface area contributed by atoms with E-state index in [-0.39, 0.29) is 29.8 Å². The van der Waals surface area contributed by atoms with Crippen LogP contribution in [0.1, 0.15) is 19.8 Å². The number of guanidine groups is 1. The molecule has 5 nitrogen and oxygen atoms in total. The highest BCUT2D eigenvalue weighted by molar-refractivity contribution is 14.0. The van der Waals surface area contributed by atoms with Crippen LogP contribution < -0.4 is 16.0 Å². The lowest BCUT2D eigenvalue weighted by molar-refractivity contribution is 0.261. The van der Waals surface area contributed by atoms with E-state index in [0.717, 1.165) is 64.3 Å². The predicted molar refractivity (Wildman–Crippen MR) is 110 cm³/mol. The fourth-order valence-corrected chi connectivity index (χ4v) is 2.64. The molecule has 1 heterocycles. The first-order chi connectivity index (χ1) is 11.2. The van der Waals surface area contributed by atoms with E-state index < -0.39 is 0 Å². The van der Waals surface area contributed by atoms with Gasteiger partial charge in [-0.05, 0) is 30.7 Å². The van der Waals surface area contributed by atoms with Gasteiger partial charge in [0.25, 0.3) is 0 Å². The molecular weight excluding hydrogens is 420 g/mol. The number of halogens is 2. The molecule has 1 saturated heterocycles. The highest BCUT2D eigenvalue weighted by Gasteiger charge is 2.16. The van der Waals surface area contributed by atoms with Gasteiger partial charge in [0.05, 0.1) is 0 Å². The summed E-state index contributed by atoms with van der Waals surface area (Å²) < 4.78 is 13.0. The molecule has 2 rings (SSSR count). The van der Waals surface area contributed by atoms with Crippen molar-refractivity contribution in [1.29, 1.82) is 0 Å². The first-order valence-electron chi connectivity index (χ1n) is 8.45. The van der Waals surface area contributed by atoms with Gasteiger partial charge in [0.1, 0.15) is 5.82 Å². The van der Waals surface area contributed by atoms with Crippen LogP contribution in [0.25, 0.3) is 0 Å². The molecule has 0 atom stereocenters. The minimum Gasteiger partial charge on any atom is -0.370 e. The summed E-state index contributed by atoms with van der Waals surface area (Å²) in [7, 11) is 0. The maximum absolute atomic E-state index is 13.0. The van der Waals surface area contributed by atoms with Crippen LogP contribution in [-0.2, 0) is 0 Å². The van der Waals surface area contributed by atoms with Crippen LogP contribution in [0.5, 0.6) is 0 Å². The van der Waals surface area contributed by atoms with Crippen molar-refractivity contribution in [3.8, 4) is 0 Å². The van der Waals surface area contributed by atoms with Gasteiger partial charge in [-0.25, -0.2) is 4.39 Å². The summed E-state index contributed by atoms with van der Waals surface area (Å²) in [6.45, 7) is 8.66. The zero-order chi connectivity index (χ0) is 16.5. The van der Waals surface area contributed by atoms with Crippen molar-refractivity contribution >= 4 is 35.6 Å². The molecule has 1 aromatic carbocycles. The van der Waals surface area contributed by atoms with Gasteiger partial charge >= 0.3 is 0 Å². The van der Waals surface area contributed by atoms with E-state index >= 15 is 0 Å². The monoisotopic (exact) mass is 449 g/mol. The van der Waals surface area contributed by atoms with Crippen molar-refractivity contribution in [2.24, 2.45) is 10.7 Å². The fraction of sp³-hybridized carbons (Fsp3) is 0.588. The summed E-state index contributed by atoms with van der Waals surface area (Å²) in [6, 6.07) is 6.73. The Labute approximate surface area is 161 Å². The van der Waals surface area contributed by atoms with Crippen molar-refractivity contribution in [2.75, 3.05) is 50.7 Å². The third-order valence-electron chi connectivity index (χ3n) is 4.09. The molecule has 24 heavy (non-hydrogen) atoms. The van der Waals surface area contributed by atoms with Gasteiger partial charge in [-0.15, -0.1) is 24.0 Å². The van der Waals surface area contributed by atoms with E-state index in [1.807, 2.05) is 12.1 Å². The first kappa shape index (κ1) is 21.0. The Morgan fingerprint density at radius 2 is 1.88 bits per heavy atom. The van der Waals surface area contributed by atoms with E-state index in [9.17, 15) is 4.39 Å². The molecule has 0 aromatic heterocycles. The van der Waals surface area contributed by atoms with E-state index in [4.69, 9.17) is 5.73 Å². The predicted octanol–water partition coefficient (Wildman–Crippen LogP) is 2.27. The minimum absolute atomic E-state index is 0. The topological polar surface area (TPSA) is 56.9 Å². The normalized spacial score (nSPS) is 15.9. The molecule has 7 heteroatoms. The van der Waals surface area contributed by atoms with E-state index in [1.165, 1.54) is 12.1 Å². The third kappa shape index (κ3) is 7.21. The molecule has 0 aliphatic carbocycles. The molecule has 1 aromatic rings. The van der Waals surface area contributed by atoms with Crippen LogP contribution >= 0.6 is 24.0 Å². The number of nitrogens with zero attached hydrogens (tertiary/aromatic N) is 3. The van der Waals surface area contributed by atoms with E-state index in [2.05, 4.69) is 27.0 Å². The number of anilines is 1. The third-order valence-corrected chi connectivity index (χ3v) is 4.09. The average molecular weight is 449 g/mol. The Balaban J connectivity index is 0.00000288. The lowest BCUT2D eigenvalue weighted by Gasteiger charge is -2.36. The molecule has 0 bridgehead atoms. The second kappa shape index (κ2) is 11.5. The fourth-order valence-electron chi connectivity index (χ4n) is 2.64. The molecule has 0 unspecified atom stereocenters. The lowest BCUT2D eigenvalue weighted by atomic mass is 10.2. The maximum Gasteiger partial charge on any atom is 0.188 e. The molecule has 3 N–H and O–H groups in total. The van der Waals surface area contributed by atoms with Gasteiger partial charge in [-0.3, -0.25) is 9.89 Å². The second-order valence-corrected chi connectivity index (χ2v) is 5.85. The molecule has 0 spiro atoms. The number of piperazine rings is 1. The smallest absolute Gasteiger partial charge is 0.188 e. The molecule has 1 aliphatic heterocycles. The van der Waals surface area contributed by atoms with E-state index in [1.54, 1.807) is 0 Å². The highest BCUT2D eigenvalue weighted by atomic mass is 127. The Kier molecular flexibility index (Phi) is 10.0. The molecule has 0 amide bonds. The Morgan fingerprint density at radius 1 is 1.21 bits per heavy atom. The number of unbranched alkanes of at least 4 members (excludes halogenated alkanes) is 1. The number of hydrogen-bond donors (Lipinski definition) is 2. The van der Waals surface area contributed by atoms with Gasteiger partial charge in [0.15, 0.2) is 5.96 Å². The molecule has 0 saturated carbocycles. The Hall–Kier alpha value is -1.09. The summed E-state index contributed by atoms with van der Waals surface area (Å²) in [4.78, 5) is 8.99. The van der Waals surface area contributed by atoms with Crippen LogP contribution in [0.15, 0.2) is 29.3 Å². The van der Waals surface area contributed by atoms with Crippen LogP contribution in [0.3, 0.4) is 0 Å². The first-order valence-corrected chi connectivity index (χ1v) is 8.45. The number of hydrogen-bond acceptors (Lipinski definition) is 3. The van der Waals surface area contributed by atoms with Gasteiger partial charge in [0, 0.05) is 51.5 Å². The van der Waals surface area contributed by atoms with Crippen molar-refractivity contribution in [3.63, 3.8) is 0 Å². The number of nitrogens with one attached hydrogen (secondary N) is 1. The number of rotatable bonds is 7. The van der Waals surface area contributed by atoms with Gasteiger partial charge in [-0.2, -0.15) is 0 Å². The van der Waals surface area contributed by atoms with Crippen LogP contribution in [-0.4, -0.2) is 56.7 Å². The summed E-state index contributed by atoms with van der Waals surface area (Å²) >= 11 is 0. The molecule has 0 radical (unpaired) electrons. The summed E-state index contributed by atoms with van der Waals surface area (Å²) in [5.41, 5.74) is 6.92. The van der Waals surface area contributed by atoms with Crippen LogP contribution in [0.4, 0.5) is 10.1 Å². The zero-order valence-electron chi connectivity index (χ0n) is 14.4. The lowest BCUT2D eigenvalue weighted by Crippen LogP contribution is -2.49. The Morgan fingerprint density at radius 3 is 2.50 bits per heavy atom. The Bertz CT molecular complexity index is 486. The number of nitrogens with two attached hydrogens (primary N) is 1. The van der Waals surface area contributed by atoms with Crippen molar-refractivity contribution in [2.45, 2.75) is 19.8 Å². The summed E-state index contributed by atoms with van der Waals surface area (Å²) in [5, 5.41) is 3.17. The van der Waals surface area contributed by atoms with Crippen molar-refractivity contribution in [1.82, 2.24) is 10.2 Å².